The number of likely N-dealkylation sites (tertiary alicyclic amines) is 1. The van der Waals surface area contributed by atoms with Crippen LogP contribution in [0.1, 0.15) is 56.0 Å². The fourth-order valence-electron chi connectivity index (χ4n) is 4.74. The monoisotopic (exact) mass is 305 g/mol. The molecule has 3 heteroatoms. The van der Waals surface area contributed by atoms with E-state index in [0.29, 0.717) is 22.4 Å². The average Bonchev–Trinajstić information content (AvgIpc) is 2.58. The number of carbonyl (C=O) groups is 1. The van der Waals surface area contributed by atoms with E-state index in [1.54, 1.807) is 0 Å². The summed E-state index contributed by atoms with van der Waals surface area (Å²) in [4.78, 5) is 13.8. The zero-order valence-electron chi connectivity index (χ0n) is 13.2. The zero-order chi connectivity index (χ0) is 15.3. The van der Waals surface area contributed by atoms with Gasteiger partial charge in [0.2, 0.25) is 0 Å². The molecule has 0 amide bonds. The van der Waals surface area contributed by atoms with E-state index in [1.807, 2.05) is 24.3 Å². The second-order valence-electron chi connectivity index (χ2n) is 8.09. The predicted octanol–water partition coefficient (Wildman–Crippen LogP) is 4.47. The zero-order valence-corrected chi connectivity index (χ0v) is 13.9. The number of halogens is 1. The fraction of sp³-hybridized carbons (Fsp3) is 0.611. The molecule has 1 aromatic rings. The van der Waals surface area contributed by atoms with Gasteiger partial charge in [0.15, 0.2) is 0 Å². The van der Waals surface area contributed by atoms with Gasteiger partial charge in [-0.3, -0.25) is 9.69 Å². The lowest BCUT2D eigenvalue weighted by Gasteiger charge is -2.40. The van der Waals surface area contributed by atoms with Crippen molar-refractivity contribution < 1.29 is 4.79 Å². The highest BCUT2D eigenvalue weighted by atomic mass is 35.5. The maximum atomic E-state index is 11.1. The molecular formula is C18H24ClNO. The van der Waals surface area contributed by atoms with Gasteiger partial charge in [0.1, 0.15) is 0 Å². The Morgan fingerprint density at radius 2 is 1.90 bits per heavy atom. The smallest absolute Gasteiger partial charge is 0.252 e. The van der Waals surface area contributed by atoms with Gasteiger partial charge in [0, 0.05) is 24.7 Å². The number of rotatable bonds is 3. The van der Waals surface area contributed by atoms with Crippen molar-refractivity contribution in [3.05, 3.63) is 35.4 Å². The molecule has 1 saturated carbocycles. The lowest BCUT2D eigenvalue weighted by atomic mass is 9.65. The molecule has 2 fully saturated rings. The first kappa shape index (κ1) is 15.1. The Labute approximate surface area is 132 Å². The normalized spacial score (nSPS) is 31.3. The minimum atomic E-state index is -0.382. The van der Waals surface area contributed by atoms with Gasteiger partial charge < -0.3 is 0 Å². The largest absolute Gasteiger partial charge is 0.296 e. The van der Waals surface area contributed by atoms with Crippen LogP contribution in [0.4, 0.5) is 0 Å². The third-order valence-corrected chi connectivity index (χ3v) is 5.31. The second kappa shape index (κ2) is 5.10. The lowest BCUT2D eigenvalue weighted by Crippen LogP contribution is -2.34. The molecule has 0 spiro atoms. The van der Waals surface area contributed by atoms with E-state index < -0.39 is 0 Å². The highest BCUT2D eigenvalue weighted by molar-refractivity contribution is 6.67. The molecule has 21 heavy (non-hydrogen) atoms. The van der Waals surface area contributed by atoms with E-state index >= 15 is 0 Å². The number of benzene rings is 1. The van der Waals surface area contributed by atoms with Crippen LogP contribution in [0.5, 0.6) is 0 Å². The molecule has 0 N–H and O–H groups in total. The van der Waals surface area contributed by atoms with E-state index in [4.69, 9.17) is 11.6 Å². The maximum absolute atomic E-state index is 11.1. The number of hydrogen-bond donors (Lipinski definition) is 0. The summed E-state index contributed by atoms with van der Waals surface area (Å²) in [5.41, 5.74) is 2.78. The fourth-order valence-corrected chi connectivity index (χ4v) is 4.86. The molecule has 0 aromatic heterocycles. The Morgan fingerprint density at radius 3 is 2.52 bits per heavy atom. The van der Waals surface area contributed by atoms with Crippen LogP contribution in [-0.4, -0.2) is 22.7 Å². The summed E-state index contributed by atoms with van der Waals surface area (Å²) in [6.45, 7) is 9.42. The summed E-state index contributed by atoms with van der Waals surface area (Å²) in [7, 11) is 0. The van der Waals surface area contributed by atoms with Crippen LogP contribution < -0.4 is 0 Å². The van der Waals surface area contributed by atoms with Crippen LogP contribution in [0, 0.1) is 10.8 Å². The van der Waals surface area contributed by atoms with Gasteiger partial charge >= 0.3 is 0 Å². The van der Waals surface area contributed by atoms with Crippen LogP contribution in [0.15, 0.2) is 24.3 Å². The number of nitrogens with zero attached hydrogens (tertiary/aromatic N) is 1. The first-order chi connectivity index (χ1) is 9.76. The maximum Gasteiger partial charge on any atom is 0.252 e. The predicted molar refractivity (Wildman–Crippen MR) is 86.6 cm³/mol. The Morgan fingerprint density at radius 1 is 1.24 bits per heavy atom. The topological polar surface area (TPSA) is 20.3 Å². The highest BCUT2D eigenvalue weighted by Crippen LogP contribution is 2.52. The summed E-state index contributed by atoms with van der Waals surface area (Å²) in [5.74, 6) is 0. The van der Waals surface area contributed by atoms with Crippen LogP contribution >= 0.6 is 11.6 Å². The van der Waals surface area contributed by atoms with Crippen LogP contribution in [-0.2, 0) is 6.54 Å². The molecule has 1 saturated heterocycles. The molecule has 2 nitrogen and oxygen atoms in total. The highest BCUT2D eigenvalue weighted by Gasteiger charge is 2.49. The molecular weight excluding hydrogens is 282 g/mol. The van der Waals surface area contributed by atoms with Gasteiger partial charge in [-0.25, -0.2) is 0 Å². The molecule has 2 aliphatic rings. The van der Waals surface area contributed by atoms with Gasteiger partial charge in [-0.2, -0.15) is 0 Å². The molecule has 1 aliphatic heterocycles. The van der Waals surface area contributed by atoms with Gasteiger partial charge in [-0.05, 0) is 59.4 Å². The van der Waals surface area contributed by atoms with E-state index in [1.165, 1.54) is 31.4 Å². The Kier molecular flexibility index (Phi) is 3.66. The SMILES string of the molecule is CC1(C)CC2CC(C)(CN2Cc2ccc(C(=O)Cl)cc2)C1. The van der Waals surface area contributed by atoms with Gasteiger partial charge in [0.25, 0.3) is 5.24 Å². The Bertz CT molecular complexity index is 551. The van der Waals surface area contributed by atoms with E-state index in [-0.39, 0.29) is 5.24 Å². The molecule has 2 bridgehead atoms. The lowest BCUT2D eigenvalue weighted by molar-refractivity contribution is 0.108. The number of hydrogen-bond acceptors (Lipinski definition) is 2. The molecule has 1 aliphatic carbocycles. The van der Waals surface area contributed by atoms with Crippen molar-refractivity contribution in [1.29, 1.82) is 0 Å². The van der Waals surface area contributed by atoms with Crippen molar-refractivity contribution in [3.8, 4) is 0 Å². The van der Waals surface area contributed by atoms with Crippen molar-refractivity contribution in [2.75, 3.05) is 6.54 Å². The quantitative estimate of drug-likeness (QED) is 0.768. The number of carbonyl (C=O) groups excluding carboxylic acids is 1. The van der Waals surface area contributed by atoms with E-state index in [2.05, 4.69) is 25.7 Å². The third kappa shape index (κ3) is 3.17. The van der Waals surface area contributed by atoms with E-state index in [9.17, 15) is 4.79 Å². The molecule has 114 valence electrons. The molecule has 2 atom stereocenters. The van der Waals surface area contributed by atoms with Gasteiger partial charge in [-0.1, -0.05) is 32.9 Å². The molecule has 3 rings (SSSR count). The van der Waals surface area contributed by atoms with Gasteiger partial charge in [0.05, 0.1) is 0 Å². The van der Waals surface area contributed by atoms with Crippen molar-refractivity contribution in [3.63, 3.8) is 0 Å². The van der Waals surface area contributed by atoms with Crippen LogP contribution in [0.2, 0.25) is 0 Å². The summed E-state index contributed by atoms with van der Waals surface area (Å²) < 4.78 is 0. The second-order valence-corrected chi connectivity index (χ2v) is 8.43. The standard InChI is InChI=1S/C18H24ClNO/c1-17(2)8-15-9-18(3,11-17)12-20(15)10-13-4-6-14(7-5-13)16(19)21/h4-7,15H,8-12H2,1-3H3. The van der Waals surface area contributed by atoms with Crippen LogP contribution in [0.3, 0.4) is 0 Å². The first-order valence-corrected chi connectivity index (χ1v) is 8.17. The third-order valence-electron chi connectivity index (χ3n) is 5.09. The van der Waals surface area contributed by atoms with E-state index in [0.717, 1.165) is 6.54 Å². The van der Waals surface area contributed by atoms with Gasteiger partial charge in [-0.15, -0.1) is 0 Å². The van der Waals surface area contributed by atoms with Crippen molar-refractivity contribution in [1.82, 2.24) is 4.90 Å². The molecule has 1 heterocycles. The van der Waals surface area contributed by atoms with Crippen LogP contribution in [0.25, 0.3) is 0 Å². The molecule has 2 unspecified atom stereocenters. The summed E-state index contributed by atoms with van der Waals surface area (Å²) in [5, 5.41) is -0.382. The molecule has 0 radical (unpaired) electrons. The molecule has 1 aromatic carbocycles. The summed E-state index contributed by atoms with van der Waals surface area (Å²) in [6.07, 6.45) is 3.95. The number of fused-ring (bicyclic) bond motifs is 2. The minimum Gasteiger partial charge on any atom is -0.296 e. The minimum absolute atomic E-state index is 0.382. The Hall–Kier alpha value is -0.860. The Balaban J connectivity index is 1.73. The first-order valence-electron chi connectivity index (χ1n) is 7.79. The van der Waals surface area contributed by atoms with Crippen molar-refractivity contribution in [2.24, 2.45) is 10.8 Å². The summed E-state index contributed by atoms with van der Waals surface area (Å²) in [6, 6.07) is 8.43. The van der Waals surface area contributed by atoms with Crippen molar-refractivity contribution >= 4 is 16.8 Å². The summed E-state index contributed by atoms with van der Waals surface area (Å²) >= 11 is 5.50. The van der Waals surface area contributed by atoms with Crippen molar-refractivity contribution in [2.45, 2.75) is 52.6 Å². The average molecular weight is 306 g/mol.